The number of carbonyl (C=O) groups is 1. The molecular formula is C21H33IN6O. The Kier molecular flexibility index (Phi) is 10.2. The smallest absolute Gasteiger partial charge is 0.222 e. The third-order valence-corrected chi connectivity index (χ3v) is 4.96. The van der Waals surface area contributed by atoms with E-state index in [2.05, 4.69) is 32.5 Å². The van der Waals surface area contributed by atoms with Gasteiger partial charge in [0.2, 0.25) is 5.91 Å². The van der Waals surface area contributed by atoms with Crippen molar-refractivity contribution < 1.29 is 4.79 Å². The van der Waals surface area contributed by atoms with Gasteiger partial charge in [-0.15, -0.1) is 24.0 Å². The normalized spacial score (nSPS) is 15.1. The molecule has 0 unspecified atom stereocenters. The number of rotatable bonds is 8. The molecule has 1 aliphatic rings. The molecule has 2 aromatic rings. The van der Waals surface area contributed by atoms with Crippen LogP contribution in [0.3, 0.4) is 0 Å². The van der Waals surface area contributed by atoms with E-state index < -0.39 is 0 Å². The Bertz CT molecular complexity index is 757. The summed E-state index contributed by atoms with van der Waals surface area (Å²) in [4.78, 5) is 26.6. The number of fused-ring (bicyclic) bond motifs is 1. The summed E-state index contributed by atoms with van der Waals surface area (Å²) in [6.45, 7) is 6.06. The molecule has 0 bridgehead atoms. The zero-order chi connectivity index (χ0) is 19.6. The minimum absolute atomic E-state index is 0. The van der Waals surface area contributed by atoms with Crippen LogP contribution in [-0.2, 0) is 11.2 Å². The van der Waals surface area contributed by atoms with E-state index in [0.717, 1.165) is 74.7 Å². The van der Waals surface area contributed by atoms with E-state index in [4.69, 9.17) is 0 Å². The van der Waals surface area contributed by atoms with Crippen LogP contribution in [0.1, 0.15) is 44.9 Å². The number of nitrogens with one attached hydrogen (secondary N) is 3. The highest BCUT2D eigenvalue weighted by Gasteiger charge is 2.15. The van der Waals surface area contributed by atoms with E-state index >= 15 is 0 Å². The average molecular weight is 512 g/mol. The van der Waals surface area contributed by atoms with Crippen LogP contribution in [0.2, 0.25) is 0 Å². The topological polar surface area (TPSA) is 85.4 Å². The molecule has 1 aliphatic heterocycles. The van der Waals surface area contributed by atoms with Gasteiger partial charge >= 0.3 is 0 Å². The summed E-state index contributed by atoms with van der Waals surface area (Å²) in [6.07, 6.45) is 5.73. The largest absolute Gasteiger partial charge is 0.357 e. The number of guanidine groups is 1. The number of halogens is 1. The third-order valence-electron chi connectivity index (χ3n) is 4.96. The molecule has 3 N–H and O–H groups in total. The van der Waals surface area contributed by atoms with Gasteiger partial charge in [-0.05, 0) is 38.3 Å². The molecule has 3 rings (SSSR count). The number of nitrogens with zero attached hydrogens (tertiary/aromatic N) is 3. The molecule has 160 valence electrons. The minimum atomic E-state index is 0. The fourth-order valence-corrected chi connectivity index (χ4v) is 3.49. The summed E-state index contributed by atoms with van der Waals surface area (Å²) in [6, 6.07) is 8.07. The van der Waals surface area contributed by atoms with E-state index in [1.165, 1.54) is 6.42 Å². The minimum Gasteiger partial charge on any atom is -0.357 e. The predicted octanol–water partition coefficient (Wildman–Crippen LogP) is 3.07. The number of likely N-dealkylation sites (tertiary alicyclic amines) is 1. The van der Waals surface area contributed by atoms with Gasteiger partial charge in [0, 0.05) is 45.6 Å². The number of para-hydroxylation sites is 2. The van der Waals surface area contributed by atoms with Crippen molar-refractivity contribution in [1.82, 2.24) is 25.5 Å². The van der Waals surface area contributed by atoms with Gasteiger partial charge in [0.05, 0.1) is 11.0 Å². The van der Waals surface area contributed by atoms with E-state index in [0.29, 0.717) is 18.9 Å². The zero-order valence-corrected chi connectivity index (χ0v) is 19.6. The van der Waals surface area contributed by atoms with Crippen LogP contribution >= 0.6 is 24.0 Å². The molecule has 1 fully saturated rings. The van der Waals surface area contributed by atoms with Gasteiger partial charge in [-0.25, -0.2) is 4.98 Å². The molecule has 1 amide bonds. The van der Waals surface area contributed by atoms with Gasteiger partial charge in [0.25, 0.3) is 0 Å². The predicted molar refractivity (Wildman–Crippen MR) is 129 cm³/mol. The SMILES string of the molecule is CCNC(=NCCCN1CCCCCC1=O)NCCc1nc2ccccc2[nH]1.I. The van der Waals surface area contributed by atoms with E-state index in [1.807, 2.05) is 29.2 Å². The first kappa shape index (κ1) is 23.4. The molecule has 1 saturated heterocycles. The molecule has 7 nitrogen and oxygen atoms in total. The fourth-order valence-electron chi connectivity index (χ4n) is 3.49. The molecule has 0 saturated carbocycles. The van der Waals surface area contributed by atoms with Gasteiger partial charge in [-0.2, -0.15) is 0 Å². The Morgan fingerprint density at radius 2 is 2.10 bits per heavy atom. The number of imidazole rings is 1. The van der Waals surface area contributed by atoms with Gasteiger partial charge in [0.15, 0.2) is 5.96 Å². The van der Waals surface area contributed by atoms with E-state index in [9.17, 15) is 4.79 Å². The van der Waals surface area contributed by atoms with Crippen molar-refractivity contribution in [1.29, 1.82) is 0 Å². The summed E-state index contributed by atoms with van der Waals surface area (Å²) in [5.41, 5.74) is 2.07. The second kappa shape index (κ2) is 12.7. The van der Waals surface area contributed by atoms with Gasteiger partial charge in [-0.1, -0.05) is 18.6 Å². The van der Waals surface area contributed by atoms with Crippen molar-refractivity contribution in [3.63, 3.8) is 0 Å². The van der Waals surface area contributed by atoms with Crippen molar-refractivity contribution in [2.75, 3.05) is 32.7 Å². The lowest BCUT2D eigenvalue weighted by Gasteiger charge is -2.20. The van der Waals surface area contributed by atoms with E-state index in [-0.39, 0.29) is 24.0 Å². The highest BCUT2D eigenvalue weighted by atomic mass is 127. The quantitative estimate of drug-likeness (QED) is 0.220. The molecule has 0 radical (unpaired) electrons. The van der Waals surface area contributed by atoms with Crippen LogP contribution in [0.25, 0.3) is 11.0 Å². The van der Waals surface area contributed by atoms with Crippen LogP contribution in [0.15, 0.2) is 29.3 Å². The number of hydrogen-bond donors (Lipinski definition) is 3. The van der Waals surface area contributed by atoms with Crippen molar-refractivity contribution in [3.8, 4) is 0 Å². The number of amides is 1. The Morgan fingerprint density at radius 1 is 1.24 bits per heavy atom. The monoisotopic (exact) mass is 512 g/mol. The van der Waals surface area contributed by atoms with Crippen LogP contribution < -0.4 is 10.6 Å². The first-order chi connectivity index (χ1) is 13.8. The maximum Gasteiger partial charge on any atom is 0.222 e. The second-order valence-corrected chi connectivity index (χ2v) is 7.18. The van der Waals surface area contributed by atoms with Crippen LogP contribution in [0.4, 0.5) is 0 Å². The first-order valence-electron chi connectivity index (χ1n) is 10.5. The highest BCUT2D eigenvalue weighted by Crippen LogP contribution is 2.11. The highest BCUT2D eigenvalue weighted by molar-refractivity contribution is 14.0. The number of aromatic amines is 1. The number of hydrogen-bond acceptors (Lipinski definition) is 3. The van der Waals surface area contributed by atoms with E-state index in [1.54, 1.807) is 0 Å². The summed E-state index contributed by atoms with van der Waals surface area (Å²) in [5, 5.41) is 6.65. The van der Waals surface area contributed by atoms with Crippen molar-refractivity contribution in [2.24, 2.45) is 4.99 Å². The van der Waals surface area contributed by atoms with Gasteiger partial charge < -0.3 is 20.5 Å². The third kappa shape index (κ3) is 7.49. The summed E-state index contributed by atoms with van der Waals surface area (Å²) < 4.78 is 0. The zero-order valence-electron chi connectivity index (χ0n) is 17.2. The molecule has 1 aromatic heterocycles. The number of aliphatic imine (C=N–C) groups is 1. The standard InChI is InChI=1S/C21H32N6O.HI/c1-2-22-21(23-13-8-16-27-15-7-3-4-11-20(27)28)24-14-12-19-25-17-9-5-6-10-18(17)26-19;/h5-6,9-10H,2-4,7-8,11-16H2,1H3,(H,25,26)(H2,22,23,24);1H. The number of carbonyl (C=O) groups excluding carboxylic acids is 1. The summed E-state index contributed by atoms with van der Waals surface area (Å²) >= 11 is 0. The first-order valence-corrected chi connectivity index (χ1v) is 10.5. The average Bonchev–Trinajstić information content (AvgIpc) is 3.00. The van der Waals surface area contributed by atoms with Gasteiger partial charge in [0.1, 0.15) is 5.82 Å². The van der Waals surface area contributed by atoms with Crippen LogP contribution in [0, 0.1) is 0 Å². The molecule has 2 heterocycles. The maximum absolute atomic E-state index is 12.0. The number of H-pyrrole nitrogens is 1. The van der Waals surface area contributed by atoms with Crippen LogP contribution in [-0.4, -0.2) is 59.5 Å². The summed E-state index contributed by atoms with van der Waals surface area (Å²) in [7, 11) is 0. The number of benzene rings is 1. The Balaban J connectivity index is 0.00000300. The lowest BCUT2D eigenvalue weighted by Crippen LogP contribution is -2.38. The lowest BCUT2D eigenvalue weighted by molar-refractivity contribution is -0.130. The lowest BCUT2D eigenvalue weighted by atomic mass is 10.2. The van der Waals surface area contributed by atoms with Crippen molar-refractivity contribution in [3.05, 3.63) is 30.1 Å². The van der Waals surface area contributed by atoms with Crippen molar-refractivity contribution in [2.45, 2.75) is 45.4 Å². The maximum atomic E-state index is 12.0. The molecule has 29 heavy (non-hydrogen) atoms. The molecule has 1 aromatic carbocycles. The van der Waals surface area contributed by atoms with Crippen LogP contribution in [0.5, 0.6) is 0 Å². The number of aromatic nitrogens is 2. The fraction of sp³-hybridized carbons (Fsp3) is 0.571. The molecule has 0 atom stereocenters. The Labute approximate surface area is 190 Å². The Morgan fingerprint density at radius 3 is 2.93 bits per heavy atom. The Hall–Kier alpha value is -1.84. The second-order valence-electron chi connectivity index (χ2n) is 7.18. The molecule has 8 heteroatoms. The van der Waals surface area contributed by atoms with Gasteiger partial charge in [-0.3, -0.25) is 9.79 Å². The van der Waals surface area contributed by atoms with Crippen molar-refractivity contribution >= 4 is 46.9 Å². The molecule has 0 aliphatic carbocycles. The molecule has 0 spiro atoms. The summed E-state index contributed by atoms with van der Waals surface area (Å²) in [5.74, 6) is 2.10. The molecular weight excluding hydrogens is 479 g/mol.